The largest absolute Gasteiger partial charge is 0.413 e. The molecule has 14 heteroatoms. The number of aliphatic hydroxyl groups excluding tert-OH is 2. The van der Waals surface area contributed by atoms with Crippen LogP contribution in [0.2, 0.25) is 0 Å². The van der Waals surface area contributed by atoms with Crippen molar-refractivity contribution in [1.82, 2.24) is 26.6 Å². The van der Waals surface area contributed by atoms with Crippen molar-refractivity contribution in [2.45, 2.75) is 89.9 Å². The molecular formula is C45H55N5O9. The number of benzene rings is 4. The van der Waals surface area contributed by atoms with E-state index in [1.165, 1.54) is 6.92 Å². The van der Waals surface area contributed by atoms with E-state index in [9.17, 15) is 34.2 Å². The van der Waals surface area contributed by atoms with Crippen molar-refractivity contribution in [3.63, 3.8) is 0 Å². The fraction of sp³-hybridized carbons (Fsp3) is 0.356. The number of carbonyl (C=O) groups excluding carboxylic acids is 5. The van der Waals surface area contributed by atoms with Gasteiger partial charge in [-0.05, 0) is 67.0 Å². The first kappa shape index (κ1) is 45.5. The Balaban J connectivity index is 1.53. The maximum atomic E-state index is 14.0. The molecule has 0 spiro atoms. The Morgan fingerprint density at radius 2 is 0.797 bits per heavy atom. The average Bonchev–Trinajstić information content (AvgIpc) is 3.21. The lowest BCUT2D eigenvalue weighted by molar-refractivity contribution is -0.132. The summed E-state index contributed by atoms with van der Waals surface area (Å²) in [6, 6.07) is 29.3. The molecule has 0 heterocycles. The Bertz CT molecular complexity index is 1930. The van der Waals surface area contributed by atoms with Crippen LogP contribution in [0.25, 0.3) is 0 Å². The fourth-order valence-corrected chi connectivity index (χ4v) is 6.24. The Morgan fingerprint density at radius 3 is 1.17 bits per heavy atom. The lowest BCUT2D eigenvalue weighted by Gasteiger charge is -2.35. The second-order valence-electron chi connectivity index (χ2n) is 15.0. The molecular weight excluding hydrogens is 755 g/mol. The van der Waals surface area contributed by atoms with E-state index < -0.39 is 84.2 Å². The summed E-state index contributed by atoms with van der Waals surface area (Å²) < 4.78 is 10.6. The summed E-state index contributed by atoms with van der Waals surface area (Å²) >= 11 is 0. The summed E-state index contributed by atoms with van der Waals surface area (Å²) in [4.78, 5) is 66.5. The third-order valence-corrected chi connectivity index (χ3v) is 9.53. The van der Waals surface area contributed by atoms with E-state index in [2.05, 4.69) is 26.6 Å². The number of amides is 5. The first-order valence-corrected chi connectivity index (χ1v) is 19.6. The highest BCUT2D eigenvalue weighted by Gasteiger charge is 2.38. The minimum Gasteiger partial charge on any atom is -0.410 e. The van der Waals surface area contributed by atoms with E-state index in [1.807, 2.05) is 24.3 Å². The topological polar surface area (TPSA) is 204 Å². The number of ether oxygens (including phenoxy) is 2. The second-order valence-corrected chi connectivity index (χ2v) is 15.0. The molecule has 0 aliphatic carbocycles. The van der Waals surface area contributed by atoms with Gasteiger partial charge in [0, 0.05) is 0 Å². The van der Waals surface area contributed by atoms with Gasteiger partial charge in [0.2, 0.25) is 17.7 Å². The van der Waals surface area contributed by atoms with E-state index >= 15 is 0 Å². The lowest BCUT2D eigenvalue weighted by Crippen LogP contribution is -2.62. The third-order valence-electron chi connectivity index (χ3n) is 9.53. The Labute approximate surface area is 345 Å². The van der Waals surface area contributed by atoms with Crippen LogP contribution in [-0.2, 0) is 27.2 Å². The van der Waals surface area contributed by atoms with Crippen molar-refractivity contribution in [2.75, 3.05) is 0 Å². The average molecular weight is 810 g/mol. The summed E-state index contributed by atoms with van der Waals surface area (Å²) in [5, 5.41) is 37.4. The van der Waals surface area contributed by atoms with Gasteiger partial charge in [0.05, 0.1) is 12.1 Å². The molecule has 4 rings (SSSR count). The Morgan fingerprint density at radius 1 is 0.458 bits per heavy atom. The molecule has 59 heavy (non-hydrogen) atoms. The smallest absolute Gasteiger partial charge is 0.410 e. The summed E-state index contributed by atoms with van der Waals surface area (Å²) in [6.07, 6.45) is -4.86. The molecule has 314 valence electrons. The fourth-order valence-electron chi connectivity index (χ4n) is 6.24. The van der Waals surface area contributed by atoms with Crippen molar-refractivity contribution in [1.29, 1.82) is 0 Å². The molecule has 0 radical (unpaired) electrons. The van der Waals surface area contributed by atoms with Gasteiger partial charge in [-0.3, -0.25) is 14.4 Å². The van der Waals surface area contributed by atoms with Crippen LogP contribution in [0.3, 0.4) is 0 Å². The number of carbonyl (C=O) groups is 5. The van der Waals surface area contributed by atoms with Gasteiger partial charge in [-0.1, -0.05) is 125 Å². The molecule has 0 aliphatic heterocycles. The van der Waals surface area contributed by atoms with Gasteiger partial charge < -0.3 is 46.3 Å². The van der Waals surface area contributed by atoms with Crippen LogP contribution in [0.4, 0.5) is 9.59 Å². The molecule has 0 saturated carbocycles. The first-order chi connectivity index (χ1) is 28.2. The van der Waals surface area contributed by atoms with E-state index in [4.69, 9.17) is 9.47 Å². The number of hydrogen-bond donors (Lipinski definition) is 7. The van der Waals surface area contributed by atoms with Gasteiger partial charge in [0.15, 0.2) is 0 Å². The van der Waals surface area contributed by atoms with Gasteiger partial charge in [-0.15, -0.1) is 0 Å². The molecule has 0 bridgehead atoms. The predicted octanol–water partition coefficient (Wildman–Crippen LogP) is 4.29. The van der Waals surface area contributed by atoms with Crippen molar-refractivity contribution < 1.29 is 43.7 Å². The number of para-hydroxylation sites is 2. The Kier molecular flexibility index (Phi) is 17.4. The van der Waals surface area contributed by atoms with Crippen molar-refractivity contribution in [3.05, 3.63) is 132 Å². The quantitative estimate of drug-likeness (QED) is 0.0721. The van der Waals surface area contributed by atoms with E-state index in [0.717, 1.165) is 11.1 Å². The molecule has 7 atom stereocenters. The van der Waals surface area contributed by atoms with Crippen LogP contribution in [0, 0.1) is 11.8 Å². The minimum atomic E-state index is -1.65. The van der Waals surface area contributed by atoms with Crippen LogP contribution in [-0.4, -0.2) is 82.5 Å². The molecule has 0 aromatic heterocycles. The van der Waals surface area contributed by atoms with E-state index in [-0.39, 0.29) is 24.3 Å². The van der Waals surface area contributed by atoms with Crippen LogP contribution in [0.15, 0.2) is 121 Å². The van der Waals surface area contributed by atoms with Gasteiger partial charge in [-0.25, -0.2) is 9.59 Å². The number of aliphatic hydroxyl groups is 2. The minimum absolute atomic E-state index is 0.0698. The first-order valence-electron chi connectivity index (χ1n) is 19.6. The Hall–Kier alpha value is -6.25. The highest BCUT2D eigenvalue weighted by Crippen LogP contribution is 2.17. The molecule has 7 N–H and O–H groups in total. The molecule has 0 fully saturated rings. The highest BCUT2D eigenvalue weighted by atomic mass is 16.6. The molecule has 4 aromatic carbocycles. The van der Waals surface area contributed by atoms with E-state index in [1.54, 1.807) is 125 Å². The van der Waals surface area contributed by atoms with E-state index in [0.29, 0.717) is 0 Å². The van der Waals surface area contributed by atoms with Crippen LogP contribution in [0.5, 0.6) is 11.5 Å². The van der Waals surface area contributed by atoms with Crippen LogP contribution >= 0.6 is 0 Å². The SMILES string of the molecule is CC(C)[C@H](NC(=O)Oc1ccccc1)C(=O)N[C@@H](Cc1ccccc1)[C@@H](O)[C@H](O)[C@H](Cc1ccccc1)NC(=O)[C@@H](NC(=O)[C@H](C)NC(=O)Oc1ccccc1)C(C)C. The van der Waals surface area contributed by atoms with Crippen LogP contribution < -0.4 is 36.1 Å². The third kappa shape index (κ3) is 14.6. The predicted molar refractivity (Wildman–Crippen MR) is 222 cm³/mol. The zero-order chi connectivity index (χ0) is 42.9. The molecule has 0 saturated heterocycles. The summed E-state index contributed by atoms with van der Waals surface area (Å²) in [5.41, 5.74) is 1.47. The number of rotatable bonds is 19. The molecule has 5 amide bonds. The zero-order valence-electron chi connectivity index (χ0n) is 33.9. The molecule has 0 aliphatic rings. The van der Waals surface area contributed by atoms with Gasteiger partial charge >= 0.3 is 12.2 Å². The summed E-state index contributed by atoms with van der Waals surface area (Å²) in [7, 11) is 0. The second kappa shape index (κ2) is 22.6. The van der Waals surface area contributed by atoms with Gasteiger partial charge in [0.1, 0.15) is 41.8 Å². The van der Waals surface area contributed by atoms with Gasteiger partial charge in [-0.2, -0.15) is 0 Å². The maximum absolute atomic E-state index is 14.0. The van der Waals surface area contributed by atoms with Gasteiger partial charge in [0.25, 0.3) is 0 Å². The number of nitrogens with one attached hydrogen (secondary N) is 5. The maximum Gasteiger partial charge on any atom is 0.413 e. The molecule has 14 nitrogen and oxygen atoms in total. The van der Waals surface area contributed by atoms with Crippen molar-refractivity contribution in [2.24, 2.45) is 11.8 Å². The summed E-state index contributed by atoms with van der Waals surface area (Å²) in [5.74, 6) is -2.21. The standard InChI is InChI=1S/C45H55N5O9/c1-28(2)37(49-41(53)30(5)46-44(56)58-33-22-14-8-15-23-33)42(54)47-35(26-31-18-10-6-11-19-31)39(51)40(52)36(27-32-20-12-7-13-21-32)48-43(55)38(29(3)4)50-45(57)59-34-24-16-9-17-25-34/h6-25,28-30,35-40,51-52H,26-27H2,1-5H3,(H,46,56)(H,47,54)(H,48,55)(H,49,53)(H,50,57)/t30-,35-,36-,37-,38-,39+,40+/m0/s1. The highest BCUT2D eigenvalue weighted by molar-refractivity contribution is 5.91. The zero-order valence-corrected chi connectivity index (χ0v) is 33.9. The van der Waals surface area contributed by atoms with Crippen LogP contribution in [0.1, 0.15) is 45.7 Å². The monoisotopic (exact) mass is 809 g/mol. The number of hydrogen-bond acceptors (Lipinski definition) is 9. The lowest BCUT2D eigenvalue weighted by atomic mass is 9.90. The molecule has 4 aromatic rings. The summed E-state index contributed by atoms with van der Waals surface area (Å²) in [6.45, 7) is 8.38. The van der Waals surface area contributed by atoms with Crippen molar-refractivity contribution >= 4 is 29.9 Å². The molecule has 0 unspecified atom stereocenters. The van der Waals surface area contributed by atoms with Crippen molar-refractivity contribution in [3.8, 4) is 11.5 Å². The normalized spacial score (nSPS) is 14.7.